The average Bonchev–Trinajstić information content (AvgIpc) is 3.05. The van der Waals surface area contributed by atoms with Crippen molar-refractivity contribution >= 4 is 27.1 Å². The second-order valence-electron chi connectivity index (χ2n) is 8.15. The predicted octanol–water partition coefficient (Wildman–Crippen LogP) is 6.75. The van der Waals surface area contributed by atoms with E-state index in [1.807, 2.05) is 0 Å². The van der Waals surface area contributed by atoms with Crippen LogP contribution in [0.3, 0.4) is 0 Å². The van der Waals surface area contributed by atoms with Crippen LogP contribution in [-0.4, -0.2) is 24.5 Å². The van der Waals surface area contributed by atoms with E-state index >= 15 is 0 Å². The first-order chi connectivity index (χ1) is 13.3. The van der Waals surface area contributed by atoms with Gasteiger partial charge in [-0.1, -0.05) is 47.0 Å². The lowest BCUT2D eigenvalue weighted by Gasteiger charge is -2.24. The zero-order chi connectivity index (χ0) is 18.2. The van der Waals surface area contributed by atoms with Crippen LogP contribution in [-0.2, 0) is 0 Å². The van der Waals surface area contributed by atoms with Gasteiger partial charge in [0.05, 0.1) is 0 Å². The van der Waals surface area contributed by atoms with Gasteiger partial charge in [-0.2, -0.15) is 0 Å². The molecule has 0 aromatic heterocycles. The molecule has 2 nitrogen and oxygen atoms in total. The van der Waals surface area contributed by atoms with Gasteiger partial charge in [-0.15, -0.1) is 0 Å². The normalized spacial score (nSPS) is 20.3. The summed E-state index contributed by atoms with van der Waals surface area (Å²) in [6.07, 6.45) is 7.92. The Morgan fingerprint density at radius 1 is 0.889 bits per heavy atom. The predicted molar refractivity (Wildman–Crippen MR) is 115 cm³/mol. The second-order valence-corrected chi connectivity index (χ2v) is 9.06. The Hall–Kier alpha value is -1.58. The Morgan fingerprint density at radius 3 is 2.41 bits per heavy atom. The molecule has 3 aliphatic rings. The van der Waals surface area contributed by atoms with Crippen molar-refractivity contribution in [2.45, 2.75) is 38.5 Å². The van der Waals surface area contributed by atoms with Gasteiger partial charge in [-0.3, -0.25) is 0 Å². The van der Waals surface area contributed by atoms with Crippen LogP contribution in [0.15, 0.2) is 46.9 Å². The highest BCUT2D eigenvalue weighted by Gasteiger charge is 2.27. The first kappa shape index (κ1) is 17.5. The second kappa shape index (κ2) is 7.44. The van der Waals surface area contributed by atoms with E-state index in [1.165, 1.54) is 54.5 Å². The van der Waals surface area contributed by atoms with E-state index in [0.29, 0.717) is 0 Å². The minimum atomic E-state index is 0.917. The summed E-state index contributed by atoms with van der Waals surface area (Å²) in [5.74, 6) is 2.90. The van der Waals surface area contributed by atoms with Gasteiger partial charge in [0.25, 0.3) is 0 Å². The Balaban J connectivity index is 1.52. The first-order valence-corrected chi connectivity index (χ1v) is 11.1. The minimum absolute atomic E-state index is 0.917. The van der Waals surface area contributed by atoms with Crippen molar-refractivity contribution in [2.24, 2.45) is 5.92 Å². The summed E-state index contributed by atoms with van der Waals surface area (Å²) in [6.45, 7) is 3.60. The zero-order valence-electron chi connectivity index (χ0n) is 15.7. The quantitative estimate of drug-likeness (QED) is 0.529. The highest BCUT2D eigenvalue weighted by atomic mass is 79.9. The van der Waals surface area contributed by atoms with Crippen molar-refractivity contribution in [1.29, 1.82) is 0 Å². The Labute approximate surface area is 170 Å². The number of nitrogens with zero attached hydrogens (tertiary/aromatic N) is 1. The summed E-state index contributed by atoms with van der Waals surface area (Å²) in [4.78, 5) is 2.71. The molecule has 1 saturated carbocycles. The molecule has 2 aromatic carbocycles. The van der Waals surface area contributed by atoms with Gasteiger partial charge in [-0.05, 0) is 67.0 Å². The van der Waals surface area contributed by atoms with Crippen LogP contribution < -0.4 is 4.74 Å². The van der Waals surface area contributed by atoms with E-state index in [2.05, 4.69) is 63.3 Å². The lowest BCUT2D eigenvalue weighted by atomic mass is 9.91. The summed E-state index contributed by atoms with van der Waals surface area (Å²) in [7, 11) is 0. The number of ether oxygens (including phenoxy) is 1. The molecule has 140 valence electrons. The van der Waals surface area contributed by atoms with Gasteiger partial charge in [-0.25, -0.2) is 0 Å². The standard InChI is InChI=1S/C24H26BrNO/c25-18-9-10-24-22(15-18)20-12-14-26(16-17-5-1-2-6-17)13-11-19(20)21-7-3-4-8-23(21)27-24/h3-4,7-10,15,17H,1-2,5-6,11-14,16H2. The topological polar surface area (TPSA) is 12.5 Å². The van der Waals surface area contributed by atoms with Gasteiger partial charge in [0.2, 0.25) is 0 Å². The highest BCUT2D eigenvalue weighted by Crippen LogP contribution is 2.46. The van der Waals surface area contributed by atoms with E-state index < -0.39 is 0 Å². The van der Waals surface area contributed by atoms with Crippen molar-refractivity contribution < 1.29 is 4.74 Å². The smallest absolute Gasteiger partial charge is 0.135 e. The van der Waals surface area contributed by atoms with Gasteiger partial charge in [0, 0.05) is 35.2 Å². The summed E-state index contributed by atoms with van der Waals surface area (Å²) in [5.41, 5.74) is 5.50. The summed E-state index contributed by atoms with van der Waals surface area (Å²) < 4.78 is 7.47. The molecule has 0 atom stereocenters. The van der Waals surface area contributed by atoms with Crippen LogP contribution in [0, 0.1) is 5.92 Å². The third kappa shape index (κ3) is 3.48. The summed E-state index contributed by atoms with van der Waals surface area (Å²) >= 11 is 3.67. The maximum atomic E-state index is 6.35. The third-order valence-corrected chi connectivity index (χ3v) is 6.90. The molecule has 1 fully saturated rings. The largest absolute Gasteiger partial charge is 0.456 e. The van der Waals surface area contributed by atoms with E-state index in [4.69, 9.17) is 4.74 Å². The zero-order valence-corrected chi connectivity index (χ0v) is 17.3. The Kier molecular flexibility index (Phi) is 4.83. The maximum Gasteiger partial charge on any atom is 0.135 e. The van der Waals surface area contributed by atoms with Crippen LogP contribution >= 0.6 is 15.9 Å². The summed E-state index contributed by atoms with van der Waals surface area (Å²) in [5, 5.41) is 0. The van der Waals surface area contributed by atoms with E-state index in [0.717, 1.165) is 47.8 Å². The van der Waals surface area contributed by atoms with Gasteiger partial charge in [0.15, 0.2) is 0 Å². The average molecular weight is 424 g/mol. The molecule has 2 aromatic rings. The molecule has 0 unspecified atom stereocenters. The number of halogens is 1. The molecule has 0 radical (unpaired) electrons. The number of rotatable bonds is 2. The fourth-order valence-electron chi connectivity index (χ4n) is 5.04. The molecule has 2 aliphatic heterocycles. The van der Waals surface area contributed by atoms with Gasteiger partial charge in [0.1, 0.15) is 11.5 Å². The van der Waals surface area contributed by atoms with Crippen LogP contribution in [0.4, 0.5) is 0 Å². The number of para-hydroxylation sites is 1. The van der Waals surface area contributed by atoms with Gasteiger partial charge >= 0.3 is 0 Å². The first-order valence-electron chi connectivity index (χ1n) is 10.3. The molecule has 1 aliphatic carbocycles. The molecule has 2 heterocycles. The number of hydrogen-bond acceptors (Lipinski definition) is 2. The van der Waals surface area contributed by atoms with Crippen LogP contribution in [0.25, 0.3) is 11.1 Å². The van der Waals surface area contributed by atoms with E-state index in [9.17, 15) is 0 Å². The fraction of sp³-hybridized carbons (Fsp3) is 0.417. The lowest BCUT2D eigenvalue weighted by Crippen LogP contribution is -2.30. The molecule has 0 amide bonds. The van der Waals surface area contributed by atoms with E-state index in [1.54, 1.807) is 0 Å². The van der Waals surface area contributed by atoms with Crippen molar-refractivity contribution in [3.05, 3.63) is 58.1 Å². The SMILES string of the molecule is Brc1ccc2c(c1)C1=C(CCN(CC3CCCC3)CC1)c1ccccc1O2. The van der Waals surface area contributed by atoms with Crippen LogP contribution in [0.1, 0.15) is 49.7 Å². The number of benzene rings is 2. The molecule has 0 spiro atoms. The van der Waals surface area contributed by atoms with Crippen molar-refractivity contribution in [3.8, 4) is 11.5 Å². The van der Waals surface area contributed by atoms with Crippen molar-refractivity contribution in [2.75, 3.05) is 19.6 Å². The highest BCUT2D eigenvalue weighted by molar-refractivity contribution is 9.10. The molecule has 0 bridgehead atoms. The third-order valence-electron chi connectivity index (χ3n) is 6.41. The number of hydrogen-bond donors (Lipinski definition) is 0. The van der Waals surface area contributed by atoms with Crippen LogP contribution in [0.5, 0.6) is 11.5 Å². The van der Waals surface area contributed by atoms with Gasteiger partial charge < -0.3 is 9.64 Å². The minimum Gasteiger partial charge on any atom is -0.456 e. The van der Waals surface area contributed by atoms with Crippen molar-refractivity contribution in [1.82, 2.24) is 4.90 Å². The molecule has 27 heavy (non-hydrogen) atoms. The summed E-state index contributed by atoms with van der Waals surface area (Å²) in [6, 6.07) is 15.0. The molecule has 0 N–H and O–H groups in total. The lowest BCUT2D eigenvalue weighted by molar-refractivity contribution is 0.244. The molecular formula is C24H26BrNO. The molecule has 5 rings (SSSR count). The van der Waals surface area contributed by atoms with Crippen molar-refractivity contribution in [3.63, 3.8) is 0 Å². The Bertz CT molecular complexity index is 882. The van der Waals surface area contributed by atoms with Crippen LogP contribution in [0.2, 0.25) is 0 Å². The Morgan fingerprint density at radius 2 is 1.59 bits per heavy atom. The molecular weight excluding hydrogens is 398 g/mol. The number of fused-ring (bicyclic) bond motifs is 4. The molecule has 3 heteroatoms. The van der Waals surface area contributed by atoms with E-state index in [-0.39, 0.29) is 0 Å². The fourth-order valence-corrected chi connectivity index (χ4v) is 5.40. The monoisotopic (exact) mass is 423 g/mol. The molecule has 0 saturated heterocycles. The maximum absolute atomic E-state index is 6.35.